The minimum atomic E-state index is 0.211. The summed E-state index contributed by atoms with van der Waals surface area (Å²) in [6.07, 6.45) is 3.41. The molecule has 0 aromatic carbocycles. The lowest BCUT2D eigenvalue weighted by molar-refractivity contribution is 1.05. The van der Waals surface area contributed by atoms with Crippen molar-refractivity contribution in [2.75, 3.05) is 17.2 Å². The molecule has 0 fully saturated rings. The molecule has 0 spiro atoms. The van der Waals surface area contributed by atoms with Crippen molar-refractivity contribution >= 4 is 17.3 Å². The van der Waals surface area contributed by atoms with Crippen LogP contribution in [-0.2, 0) is 0 Å². The predicted molar refractivity (Wildman–Crippen MR) is 68.4 cm³/mol. The Morgan fingerprint density at radius 3 is 2.89 bits per heavy atom. The standard InChI is InChI=1S/C12H12N6/c1-9-16-11(15-6-4-13)7-12(17-9)18-10-3-2-5-14-8-10/h2-3,5,7-8H,6H2,1H3,(H2,15,16,17,18). The van der Waals surface area contributed by atoms with Crippen LogP contribution in [-0.4, -0.2) is 21.5 Å². The average Bonchev–Trinajstić information content (AvgIpc) is 2.37. The van der Waals surface area contributed by atoms with Crippen molar-refractivity contribution in [1.29, 1.82) is 5.26 Å². The van der Waals surface area contributed by atoms with Gasteiger partial charge in [0.25, 0.3) is 0 Å². The van der Waals surface area contributed by atoms with E-state index in [1.807, 2.05) is 18.2 Å². The predicted octanol–water partition coefficient (Wildman–Crippen LogP) is 1.86. The highest BCUT2D eigenvalue weighted by atomic mass is 15.1. The van der Waals surface area contributed by atoms with E-state index < -0.39 is 0 Å². The lowest BCUT2D eigenvalue weighted by Gasteiger charge is -2.08. The number of rotatable bonds is 4. The zero-order valence-electron chi connectivity index (χ0n) is 9.88. The number of nitrogens with zero attached hydrogens (tertiary/aromatic N) is 4. The molecule has 0 atom stereocenters. The Morgan fingerprint density at radius 2 is 2.17 bits per heavy atom. The van der Waals surface area contributed by atoms with E-state index in [1.165, 1.54) is 0 Å². The number of nitrogens with one attached hydrogen (secondary N) is 2. The van der Waals surface area contributed by atoms with Gasteiger partial charge in [0, 0.05) is 12.3 Å². The van der Waals surface area contributed by atoms with Gasteiger partial charge in [0.1, 0.15) is 24.0 Å². The summed E-state index contributed by atoms with van der Waals surface area (Å²) in [5, 5.41) is 14.5. The molecule has 0 radical (unpaired) electrons. The molecule has 2 N–H and O–H groups in total. The van der Waals surface area contributed by atoms with Crippen LogP contribution in [0.1, 0.15) is 5.82 Å². The van der Waals surface area contributed by atoms with Crippen molar-refractivity contribution in [2.45, 2.75) is 6.92 Å². The molecule has 2 rings (SSSR count). The van der Waals surface area contributed by atoms with Gasteiger partial charge in [-0.2, -0.15) is 5.26 Å². The maximum atomic E-state index is 8.52. The fraction of sp³-hybridized carbons (Fsp3) is 0.167. The van der Waals surface area contributed by atoms with Crippen LogP contribution in [0.5, 0.6) is 0 Å². The fourth-order valence-corrected chi connectivity index (χ4v) is 1.44. The Kier molecular flexibility index (Phi) is 3.66. The topological polar surface area (TPSA) is 86.5 Å². The molecule has 2 heterocycles. The number of pyridine rings is 1. The summed E-state index contributed by atoms with van der Waals surface area (Å²) >= 11 is 0. The Morgan fingerprint density at radius 1 is 1.33 bits per heavy atom. The Labute approximate surface area is 105 Å². The molecule has 0 aliphatic rings. The summed E-state index contributed by atoms with van der Waals surface area (Å²) in [5.41, 5.74) is 0.849. The molecule has 0 amide bonds. The summed E-state index contributed by atoms with van der Waals surface area (Å²) in [6, 6.07) is 7.48. The molecule has 6 nitrogen and oxygen atoms in total. The van der Waals surface area contributed by atoms with E-state index in [0.29, 0.717) is 17.5 Å². The van der Waals surface area contributed by atoms with Crippen LogP contribution in [0.2, 0.25) is 0 Å². The molecule has 0 aliphatic heterocycles. The van der Waals surface area contributed by atoms with Crippen molar-refractivity contribution in [3.63, 3.8) is 0 Å². The molecule has 18 heavy (non-hydrogen) atoms. The molecule has 0 saturated carbocycles. The van der Waals surface area contributed by atoms with E-state index in [-0.39, 0.29) is 6.54 Å². The summed E-state index contributed by atoms with van der Waals surface area (Å²) in [4.78, 5) is 12.5. The molecule has 6 heteroatoms. The molecular weight excluding hydrogens is 228 g/mol. The lowest BCUT2D eigenvalue weighted by atomic mass is 10.4. The number of aromatic nitrogens is 3. The fourth-order valence-electron chi connectivity index (χ4n) is 1.44. The third-order valence-electron chi connectivity index (χ3n) is 2.12. The summed E-state index contributed by atoms with van der Waals surface area (Å²) < 4.78 is 0. The van der Waals surface area contributed by atoms with E-state index in [2.05, 4.69) is 25.6 Å². The second kappa shape index (κ2) is 5.59. The number of anilines is 3. The molecule has 0 aliphatic carbocycles. The van der Waals surface area contributed by atoms with Gasteiger partial charge in [-0.25, -0.2) is 9.97 Å². The smallest absolute Gasteiger partial charge is 0.136 e. The van der Waals surface area contributed by atoms with Crippen molar-refractivity contribution < 1.29 is 0 Å². The first-order valence-corrected chi connectivity index (χ1v) is 5.41. The van der Waals surface area contributed by atoms with Gasteiger partial charge >= 0.3 is 0 Å². The van der Waals surface area contributed by atoms with Gasteiger partial charge in [-0.3, -0.25) is 4.98 Å². The van der Waals surface area contributed by atoms with Crippen LogP contribution in [0, 0.1) is 18.3 Å². The maximum absolute atomic E-state index is 8.52. The van der Waals surface area contributed by atoms with Gasteiger partial charge in [0.15, 0.2) is 0 Å². The van der Waals surface area contributed by atoms with E-state index in [0.717, 1.165) is 5.69 Å². The number of hydrogen-bond acceptors (Lipinski definition) is 6. The Bertz CT molecular complexity index is 561. The first-order valence-electron chi connectivity index (χ1n) is 5.41. The minimum absolute atomic E-state index is 0.211. The van der Waals surface area contributed by atoms with E-state index in [4.69, 9.17) is 5.26 Å². The molecule has 0 bridgehead atoms. The Hall–Kier alpha value is -2.68. The van der Waals surface area contributed by atoms with Crippen LogP contribution in [0.25, 0.3) is 0 Å². The zero-order valence-corrected chi connectivity index (χ0v) is 9.88. The molecule has 0 saturated heterocycles. The molecule has 2 aromatic rings. The molecular formula is C12H12N6. The third kappa shape index (κ3) is 3.15. The highest BCUT2D eigenvalue weighted by molar-refractivity contribution is 5.58. The number of aryl methyl sites for hydroxylation is 1. The van der Waals surface area contributed by atoms with E-state index >= 15 is 0 Å². The monoisotopic (exact) mass is 240 g/mol. The maximum Gasteiger partial charge on any atom is 0.136 e. The van der Waals surface area contributed by atoms with Gasteiger partial charge in [-0.1, -0.05) is 0 Å². The minimum Gasteiger partial charge on any atom is -0.357 e. The second-order valence-corrected chi connectivity index (χ2v) is 3.56. The highest BCUT2D eigenvalue weighted by Crippen LogP contribution is 2.16. The first kappa shape index (κ1) is 11.8. The largest absolute Gasteiger partial charge is 0.357 e. The van der Waals surface area contributed by atoms with Gasteiger partial charge < -0.3 is 10.6 Å². The average molecular weight is 240 g/mol. The van der Waals surface area contributed by atoms with Crippen LogP contribution in [0.4, 0.5) is 17.3 Å². The van der Waals surface area contributed by atoms with Gasteiger partial charge in [-0.15, -0.1) is 0 Å². The SMILES string of the molecule is Cc1nc(NCC#N)cc(Nc2cccnc2)n1. The molecule has 0 unspecified atom stereocenters. The number of nitriles is 1. The van der Waals surface area contributed by atoms with Crippen molar-refractivity contribution in [2.24, 2.45) is 0 Å². The van der Waals surface area contributed by atoms with Crippen LogP contribution in [0.15, 0.2) is 30.6 Å². The lowest BCUT2D eigenvalue weighted by Crippen LogP contribution is -2.04. The second-order valence-electron chi connectivity index (χ2n) is 3.56. The van der Waals surface area contributed by atoms with E-state index in [1.54, 1.807) is 25.4 Å². The van der Waals surface area contributed by atoms with Crippen molar-refractivity contribution in [1.82, 2.24) is 15.0 Å². The molecule has 90 valence electrons. The normalized spacial score (nSPS) is 9.56. The van der Waals surface area contributed by atoms with E-state index in [9.17, 15) is 0 Å². The van der Waals surface area contributed by atoms with Crippen LogP contribution in [0.3, 0.4) is 0 Å². The van der Waals surface area contributed by atoms with Gasteiger partial charge in [-0.05, 0) is 19.1 Å². The van der Waals surface area contributed by atoms with Crippen molar-refractivity contribution in [3.05, 3.63) is 36.4 Å². The summed E-state index contributed by atoms with van der Waals surface area (Å²) in [7, 11) is 0. The van der Waals surface area contributed by atoms with Crippen molar-refractivity contribution in [3.8, 4) is 6.07 Å². The van der Waals surface area contributed by atoms with Gasteiger partial charge in [0.05, 0.1) is 18.0 Å². The van der Waals surface area contributed by atoms with Gasteiger partial charge in [0.2, 0.25) is 0 Å². The zero-order chi connectivity index (χ0) is 12.8. The van der Waals surface area contributed by atoms with Crippen LogP contribution >= 0.6 is 0 Å². The van der Waals surface area contributed by atoms with Crippen LogP contribution < -0.4 is 10.6 Å². The highest BCUT2D eigenvalue weighted by Gasteiger charge is 2.01. The number of hydrogen-bond donors (Lipinski definition) is 2. The summed E-state index contributed by atoms with van der Waals surface area (Å²) in [5.74, 6) is 1.91. The quantitative estimate of drug-likeness (QED) is 0.793. The summed E-state index contributed by atoms with van der Waals surface area (Å²) in [6.45, 7) is 2.01. The third-order valence-corrected chi connectivity index (χ3v) is 2.12. The first-order chi connectivity index (χ1) is 8.78. The Balaban J connectivity index is 2.18. The molecule has 2 aromatic heterocycles.